The fourth-order valence-electron chi connectivity index (χ4n) is 6.19. The number of amides is 1. The van der Waals surface area contributed by atoms with Crippen molar-refractivity contribution < 1.29 is 14.3 Å². The Labute approximate surface area is 198 Å². The van der Waals surface area contributed by atoms with Gasteiger partial charge in [0.2, 0.25) is 5.91 Å². The van der Waals surface area contributed by atoms with Gasteiger partial charge in [0.15, 0.2) is 11.5 Å². The monoisotopic (exact) mass is 459 g/mol. The standard InChI is InChI=1S/C27H29N3O4/c1-17(30-18(2)28-22-8-4-3-7-20(22)26(30)32)25(31)29-15-19-13-23-24(34-12-11-33-23)14-21(19)27(16-29)9-5-6-10-27/h3-4,7-8,13-14,17H,5-6,9-12,15-16H2,1-2H3. The van der Waals surface area contributed by atoms with Crippen LogP contribution in [0.1, 0.15) is 55.6 Å². The molecule has 0 saturated heterocycles. The molecule has 1 amide bonds. The van der Waals surface area contributed by atoms with E-state index in [9.17, 15) is 9.59 Å². The predicted octanol–water partition coefficient (Wildman–Crippen LogP) is 3.89. The zero-order valence-electron chi connectivity index (χ0n) is 19.7. The van der Waals surface area contributed by atoms with E-state index in [1.54, 1.807) is 17.6 Å². The second kappa shape index (κ2) is 7.86. The number of para-hydroxylation sites is 1. The average Bonchev–Trinajstić information content (AvgIpc) is 3.31. The number of carbonyl (C=O) groups is 1. The second-order valence-corrected chi connectivity index (χ2v) is 9.86. The number of carbonyl (C=O) groups excluding carboxylic acids is 1. The van der Waals surface area contributed by atoms with Gasteiger partial charge in [-0.1, -0.05) is 25.0 Å². The number of aryl methyl sites for hydroxylation is 1. The molecule has 1 fully saturated rings. The summed E-state index contributed by atoms with van der Waals surface area (Å²) >= 11 is 0. The van der Waals surface area contributed by atoms with E-state index in [4.69, 9.17) is 9.47 Å². The van der Waals surface area contributed by atoms with Crippen molar-refractivity contribution in [1.82, 2.24) is 14.5 Å². The molecule has 0 radical (unpaired) electrons. The van der Waals surface area contributed by atoms with Crippen molar-refractivity contribution in [2.24, 2.45) is 0 Å². The predicted molar refractivity (Wildman–Crippen MR) is 128 cm³/mol. The molecule has 2 aliphatic heterocycles. The lowest BCUT2D eigenvalue weighted by Crippen LogP contribution is -2.49. The van der Waals surface area contributed by atoms with Crippen molar-refractivity contribution in [3.8, 4) is 11.5 Å². The lowest BCUT2D eigenvalue weighted by atomic mass is 9.73. The number of hydrogen-bond acceptors (Lipinski definition) is 5. The first-order valence-electron chi connectivity index (χ1n) is 12.2. The molecule has 34 heavy (non-hydrogen) atoms. The normalized spacial score (nSPS) is 19.3. The molecule has 0 N–H and O–H groups in total. The molecule has 1 atom stereocenters. The first-order valence-corrected chi connectivity index (χ1v) is 12.2. The summed E-state index contributed by atoms with van der Waals surface area (Å²) in [6.45, 7) is 5.88. The summed E-state index contributed by atoms with van der Waals surface area (Å²) < 4.78 is 13.3. The molecular formula is C27H29N3O4. The maximum Gasteiger partial charge on any atom is 0.262 e. The van der Waals surface area contributed by atoms with E-state index in [1.165, 1.54) is 5.56 Å². The smallest absolute Gasteiger partial charge is 0.262 e. The highest BCUT2D eigenvalue weighted by Gasteiger charge is 2.44. The Morgan fingerprint density at radius 2 is 1.79 bits per heavy atom. The van der Waals surface area contributed by atoms with Crippen LogP contribution in [0.5, 0.6) is 11.5 Å². The van der Waals surface area contributed by atoms with Gasteiger partial charge in [-0.25, -0.2) is 4.98 Å². The Morgan fingerprint density at radius 1 is 1.09 bits per heavy atom. The minimum atomic E-state index is -0.637. The fourth-order valence-corrected chi connectivity index (χ4v) is 6.19. The highest BCUT2D eigenvalue weighted by molar-refractivity contribution is 5.82. The minimum absolute atomic E-state index is 0.0471. The van der Waals surface area contributed by atoms with Gasteiger partial charge in [0.25, 0.3) is 5.56 Å². The van der Waals surface area contributed by atoms with Crippen LogP contribution < -0.4 is 15.0 Å². The number of hydrogen-bond donors (Lipinski definition) is 0. The zero-order valence-corrected chi connectivity index (χ0v) is 19.7. The second-order valence-electron chi connectivity index (χ2n) is 9.86. The number of aromatic nitrogens is 2. The number of benzene rings is 2. The Kier molecular flexibility index (Phi) is 4.90. The van der Waals surface area contributed by atoms with E-state index in [-0.39, 0.29) is 16.9 Å². The molecule has 1 aliphatic carbocycles. The summed E-state index contributed by atoms with van der Waals surface area (Å²) in [5.74, 6) is 2.08. The number of fused-ring (bicyclic) bond motifs is 4. The van der Waals surface area contributed by atoms with Crippen molar-refractivity contribution in [2.75, 3.05) is 19.8 Å². The van der Waals surface area contributed by atoms with Crippen LogP contribution in [-0.4, -0.2) is 40.1 Å². The molecule has 3 aliphatic rings. The van der Waals surface area contributed by atoms with Gasteiger partial charge in [-0.3, -0.25) is 14.2 Å². The van der Waals surface area contributed by atoms with Crippen molar-refractivity contribution in [2.45, 2.75) is 57.5 Å². The summed E-state index contributed by atoms with van der Waals surface area (Å²) in [5, 5.41) is 0.535. The Hall–Kier alpha value is -3.35. The van der Waals surface area contributed by atoms with Crippen LogP contribution in [0.2, 0.25) is 0 Å². The molecule has 7 heteroatoms. The third-order valence-electron chi connectivity index (χ3n) is 7.80. The van der Waals surface area contributed by atoms with Gasteiger partial charge in [-0.2, -0.15) is 0 Å². The highest BCUT2D eigenvalue weighted by Crippen LogP contribution is 2.49. The topological polar surface area (TPSA) is 73.7 Å². The third-order valence-corrected chi connectivity index (χ3v) is 7.80. The molecular weight excluding hydrogens is 430 g/mol. The van der Waals surface area contributed by atoms with Gasteiger partial charge in [-0.05, 0) is 62.1 Å². The summed E-state index contributed by atoms with van der Waals surface area (Å²) in [6.07, 6.45) is 4.40. The van der Waals surface area contributed by atoms with Crippen LogP contribution in [0.4, 0.5) is 0 Å². The Balaban J connectivity index is 1.39. The van der Waals surface area contributed by atoms with Crippen LogP contribution in [0.25, 0.3) is 10.9 Å². The minimum Gasteiger partial charge on any atom is -0.486 e. The quantitative estimate of drug-likeness (QED) is 0.581. The first-order chi connectivity index (χ1) is 16.5. The van der Waals surface area contributed by atoms with Crippen molar-refractivity contribution in [3.05, 3.63) is 63.7 Å². The van der Waals surface area contributed by atoms with Gasteiger partial charge in [0.05, 0.1) is 10.9 Å². The maximum absolute atomic E-state index is 13.9. The molecule has 3 aromatic rings. The van der Waals surface area contributed by atoms with Crippen LogP contribution in [-0.2, 0) is 16.8 Å². The van der Waals surface area contributed by atoms with Gasteiger partial charge >= 0.3 is 0 Å². The molecule has 176 valence electrons. The summed E-state index contributed by atoms with van der Waals surface area (Å²) in [5.41, 5.74) is 2.84. The van der Waals surface area contributed by atoms with Gasteiger partial charge in [0, 0.05) is 18.5 Å². The van der Waals surface area contributed by atoms with Crippen molar-refractivity contribution >= 4 is 16.8 Å². The fraction of sp³-hybridized carbons (Fsp3) is 0.444. The van der Waals surface area contributed by atoms with Gasteiger partial charge in [-0.15, -0.1) is 0 Å². The number of rotatable bonds is 2. The van der Waals surface area contributed by atoms with Crippen LogP contribution in [0.15, 0.2) is 41.2 Å². The van der Waals surface area contributed by atoms with Crippen molar-refractivity contribution in [1.29, 1.82) is 0 Å². The zero-order chi connectivity index (χ0) is 23.4. The van der Waals surface area contributed by atoms with E-state index < -0.39 is 6.04 Å². The molecule has 2 aromatic carbocycles. The van der Waals surface area contributed by atoms with E-state index >= 15 is 0 Å². The molecule has 1 aromatic heterocycles. The maximum atomic E-state index is 13.9. The first kappa shape index (κ1) is 21.2. The van der Waals surface area contributed by atoms with Crippen LogP contribution in [0.3, 0.4) is 0 Å². The lowest BCUT2D eigenvalue weighted by Gasteiger charge is -2.43. The Bertz CT molecular complexity index is 1360. The van der Waals surface area contributed by atoms with E-state index in [0.29, 0.717) is 43.0 Å². The van der Waals surface area contributed by atoms with E-state index in [0.717, 1.165) is 42.7 Å². The summed E-state index contributed by atoms with van der Waals surface area (Å²) in [4.78, 5) is 33.7. The van der Waals surface area contributed by atoms with Crippen LogP contribution in [0, 0.1) is 6.92 Å². The average molecular weight is 460 g/mol. The largest absolute Gasteiger partial charge is 0.486 e. The molecule has 1 unspecified atom stereocenters. The Morgan fingerprint density at radius 3 is 2.56 bits per heavy atom. The molecule has 6 rings (SSSR count). The van der Waals surface area contributed by atoms with E-state index in [2.05, 4.69) is 17.1 Å². The lowest BCUT2D eigenvalue weighted by molar-refractivity contribution is -0.136. The molecule has 0 bridgehead atoms. The molecule has 7 nitrogen and oxygen atoms in total. The SMILES string of the molecule is Cc1nc2ccccc2c(=O)n1C(C)C(=O)N1Cc2cc3c(cc2C2(CCCC2)C1)OCCO3. The number of nitrogens with zero attached hydrogens (tertiary/aromatic N) is 3. The summed E-state index contributed by atoms with van der Waals surface area (Å²) in [6, 6.07) is 10.9. The molecule has 1 saturated carbocycles. The van der Waals surface area contributed by atoms with Crippen LogP contribution >= 0.6 is 0 Å². The number of ether oxygens (including phenoxy) is 2. The summed E-state index contributed by atoms with van der Waals surface area (Å²) in [7, 11) is 0. The highest BCUT2D eigenvalue weighted by atomic mass is 16.6. The van der Waals surface area contributed by atoms with Crippen molar-refractivity contribution in [3.63, 3.8) is 0 Å². The van der Waals surface area contributed by atoms with Gasteiger partial charge < -0.3 is 14.4 Å². The molecule has 3 heterocycles. The van der Waals surface area contributed by atoms with E-state index in [1.807, 2.05) is 30.0 Å². The third kappa shape index (κ3) is 3.21. The molecule has 1 spiro atoms. The van der Waals surface area contributed by atoms with Gasteiger partial charge in [0.1, 0.15) is 25.1 Å².